The normalized spacial score (nSPS) is 12.6. The van der Waals surface area contributed by atoms with Gasteiger partial charge in [-0.1, -0.05) is 0 Å². The molecule has 0 aromatic carbocycles. The van der Waals surface area contributed by atoms with Gasteiger partial charge in [0, 0.05) is 38.1 Å². The fourth-order valence-electron chi connectivity index (χ4n) is 1.86. The Morgan fingerprint density at radius 2 is 2.24 bits per heavy atom. The van der Waals surface area contributed by atoms with E-state index >= 15 is 0 Å². The number of nitrogens with zero attached hydrogens (tertiary/aromatic N) is 4. The molecular weight excluding hydrogens is 214 g/mol. The summed E-state index contributed by atoms with van der Waals surface area (Å²) in [7, 11) is 3.96. The number of aromatic nitrogens is 4. The van der Waals surface area contributed by atoms with Crippen LogP contribution < -0.4 is 5.32 Å². The number of hydrogen-bond acceptors (Lipinski definition) is 4. The molecular formula is C12H17N5. The van der Waals surface area contributed by atoms with E-state index in [-0.39, 0.29) is 6.04 Å². The predicted molar refractivity (Wildman–Crippen MR) is 65.4 cm³/mol. The summed E-state index contributed by atoms with van der Waals surface area (Å²) in [5.41, 5.74) is 1.02. The van der Waals surface area contributed by atoms with Crippen molar-refractivity contribution in [2.75, 3.05) is 7.05 Å². The second-order valence-electron chi connectivity index (χ2n) is 3.97. The van der Waals surface area contributed by atoms with Crippen LogP contribution in [0.4, 0.5) is 0 Å². The highest BCUT2D eigenvalue weighted by Crippen LogP contribution is 2.15. The van der Waals surface area contributed by atoms with Crippen molar-refractivity contribution in [3.8, 4) is 0 Å². The monoisotopic (exact) mass is 231 g/mol. The van der Waals surface area contributed by atoms with Crippen LogP contribution in [0.5, 0.6) is 0 Å². The first kappa shape index (κ1) is 11.7. The van der Waals surface area contributed by atoms with Gasteiger partial charge >= 0.3 is 0 Å². The molecule has 0 aliphatic rings. The van der Waals surface area contributed by atoms with Crippen molar-refractivity contribution in [1.82, 2.24) is 24.8 Å². The summed E-state index contributed by atoms with van der Waals surface area (Å²) in [4.78, 5) is 12.5. The van der Waals surface area contributed by atoms with E-state index in [4.69, 9.17) is 0 Å². The second kappa shape index (κ2) is 5.54. The minimum atomic E-state index is 0.245. The fourth-order valence-corrected chi connectivity index (χ4v) is 1.86. The van der Waals surface area contributed by atoms with Gasteiger partial charge in [0.05, 0.1) is 5.69 Å². The van der Waals surface area contributed by atoms with Crippen molar-refractivity contribution in [2.45, 2.75) is 18.9 Å². The SMILES string of the molecule is CNC(CCc1nccn1C)c1ccncn1. The summed E-state index contributed by atoms with van der Waals surface area (Å²) < 4.78 is 2.05. The summed E-state index contributed by atoms with van der Waals surface area (Å²) in [6.45, 7) is 0. The summed E-state index contributed by atoms with van der Waals surface area (Å²) in [6, 6.07) is 2.19. The lowest BCUT2D eigenvalue weighted by atomic mass is 10.1. The first-order valence-corrected chi connectivity index (χ1v) is 5.70. The highest BCUT2D eigenvalue weighted by Gasteiger charge is 2.11. The third-order valence-corrected chi connectivity index (χ3v) is 2.89. The molecule has 5 heteroatoms. The first-order valence-electron chi connectivity index (χ1n) is 5.70. The number of nitrogens with one attached hydrogen (secondary N) is 1. The van der Waals surface area contributed by atoms with Gasteiger partial charge in [-0.3, -0.25) is 0 Å². The Balaban J connectivity index is 1.99. The Morgan fingerprint density at radius 1 is 1.35 bits per heavy atom. The smallest absolute Gasteiger partial charge is 0.115 e. The molecule has 2 aromatic rings. The average molecular weight is 231 g/mol. The maximum Gasteiger partial charge on any atom is 0.115 e. The first-order chi connectivity index (χ1) is 8.31. The van der Waals surface area contributed by atoms with E-state index in [0.29, 0.717) is 0 Å². The number of hydrogen-bond donors (Lipinski definition) is 1. The summed E-state index contributed by atoms with van der Waals surface area (Å²) in [5, 5.41) is 3.27. The van der Waals surface area contributed by atoms with E-state index in [1.165, 1.54) is 0 Å². The van der Waals surface area contributed by atoms with Gasteiger partial charge in [-0.05, 0) is 19.5 Å². The molecule has 17 heavy (non-hydrogen) atoms. The third-order valence-electron chi connectivity index (χ3n) is 2.89. The molecule has 0 saturated carbocycles. The van der Waals surface area contributed by atoms with Crippen LogP contribution in [-0.4, -0.2) is 26.6 Å². The van der Waals surface area contributed by atoms with Crippen molar-refractivity contribution >= 4 is 0 Å². The molecule has 0 fully saturated rings. The molecule has 0 radical (unpaired) electrons. The Morgan fingerprint density at radius 3 is 2.82 bits per heavy atom. The van der Waals surface area contributed by atoms with Crippen molar-refractivity contribution in [3.05, 3.63) is 42.5 Å². The molecule has 1 atom stereocenters. The van der Waals surface area contributed by atoms with Gasteiger partial charge in [-0.25, -0.2) is 15.0 Å². The van der Waals surface area contributed by atoms with Crippen LogP contribution in [0.3, 0.4) is 0 Å². The Hall–Kier alpha value is -1.75. The van der Waals surface area contributed by atoms with E-state index in [2.05, 4.69) is 20.3 Å². The zero-order valence-corrected chi connectivity index (χ0v) is 10.2. The topological polar surface area (TPSA) is 55.6 Å². The van der Waals surface area contributed by atoms with E-state index < -0.39 is 0 Å². The van der Waals surface area contributed by atoms with Crippen molar-refractivity contribution < 1.29 is 0 Å². The lowest BCUT2D eigenvalue weighted by Gasteiger charge is -2.14. The molecule has 2 rings (SSSR count). The predicted octanol–water partition coefficient (Wildman–Crippen LogP) is 1.10. The van der Waals surface area contributed by atoms with Gasteiger partial charge in [0.15, 0.2) is 0 Å². The average Bonchev–Trinajstić information content (AvgIpc) is 2.77. The summed E-state index contributed by atoms with van der Waals surface area (Å²) in [6.07, 6.45) is 9.05. The molecule has 2 heterocycles. The van der Waals surface area contributed by atoms with Gasteiger partial charge in [0.25, 0.3) is 0 Å². The molecule has 0 saturated heterocycles. The van der Waals surface area contributed by atoms with Crippen LogP contribution in [-0.2, 0) is 13.5 Å². The highest BCUT2D eigenvalue weighted by molar-refractivity contribution is 5.05. The minimum absolute atomic E-state index is 0.245. The van der Waals surface area contributed by atoms with E-state index in [1.54, 1.807) is 12.5 Å². The molecule has 0 amide bonds. The summed E-state index contributed by atoms with van der Waals surface area (Å²) >= 11 is 0. The maximum absolute atomic E-state index is 4.32. The zero-order chi connectivity index (χ0) is 12.1. The fraction of sp³-hybridized carbons (Fsp3) is 0.417. The maximum atomic E-state index is 4.32. The molecule has 0 bridgehead atoms. The van der Waals surface area contributed by atoms with Gasteiger partial charge in [0.2, 0.25) is 0 Å². The van der Waals surface area contributed by atoms with Gasteiger partial charge in [0.1, 0.15) is 12.2 Å². The zero-order valence-electron chi connectivity index (χ0n) is 10.2. The summed E-state index contributed by atoms with van der Waals surface area (Å²) in [5.74, 6) is 1.10. The molecule has 1 unspecified atom stereocenters. The molecule has 5 nitrogen and oxygen atoms in total. The van der Waals surface area contributed by atoms with Crippen molar-refractivity contribution in [1.29, 1.82) is 0 Å². The van der Waals surface area contributed by atoms with Gasteiger partial charge in [-0.15, -0.1) is 0 Å². The Bertz CT molecular complexity index is 451. The van der Waals surface area contributed by atoms with Crippen molar-refractivity contribution in [3.63, 3.8) is 0 Å². The number of rotatable bonds is 5. The molecule has 0 aliphatic carbocycles. The Kier molecular flexibility index (Phi) is 3.82. The van der Waals surface area contributed by atoms with Crippen LogP contribution in [0.15, 0.2) is 31.0 Å². The molecule has 1 N–H and O–H groups in total. The second-order valence-corrected chi connectivity index (χ2v) is 3.97. The largest absolute Gasteiger partial charge is 0.338 e. The van der Waals surface area contributed by atoms with Gasteiger partial charge in [-0.2, -0.15) is 0 Å². The van der Waals surface area contributed by atoms with Crippen LogP contribution in [0.2, 0.25) is 0 Å². The van der Waals surface area contributed by atoms with Crippen LogP contribution in [0.1, 0.15) is 24.0 Å². The molecule has 2 aromatic heterocycles. The van der Waals surface area contributed by atoms with Crippen LogP contribution >= 0.6 is 0 Å². The van der Waals surface area contributed by atoms with E-state index in [1.807, 2.05) is 37.1 Å². The lowest BCUT2D eigenvalue weighted by molar-refractivity contribution is 0.523. The Labute approximate surface area is 101 Å². The molecule has 0 spiro atoms. The number of aryl methyl sites for hydroxylation is 2. The quantitative estimate of drug-likeness (QED) is 0.837. The third kappa shape index (κ3) is 2.88. The minimum Gasteiger partial charge on any atom is -0.338 e. The molecule has 0 aliphatic heterocycles. The standard InChI is InChI=1S/C12H17N5/c1-13-10(11-5-6-14-9-16-11)3-4-12-15-7-8-17(12)2/h5-10,13H,3-4H2,1-2H3. The lowest BCUT2D eigenvalue weighted by Crippen LogP contribution is -2.19. The van der Waals surface area contributed by atoms with E-state index in [0.717, 1.165) is 24.4 Å². The number of imidazole rings is 1. The van der Waals surface area contributed by atoms with Crippen LogP contribution in [0, 0.1) is 0 Å². The van der Waals surface area contributed by atoms with E-state index in [9.17, 15) is 0 Å². The van der Waals surface area contributed by atoms with Gasteiger partial charge < -0.3 is 9.88 Å². The van der Waals surface area contributed by atoms with Crippen LogP contribution in [0.25, 0.3) is 0 Å². The molecule has 90 valence electrons. The highest BCUT2D eigenvalue weighted by atomic mass is 15.0. The van der Waals surface area contributed by atoms with Crippen molar-refractivity contribution in [2.24, 2.45) is 7.05 Å².